The number of nitrogens with zero attached hydrogens (tertiary/aromatic N) is 1. The molecule has 1 aromatic rings. The number of thioether (sulfide) groups is 1. The van der Waals surface area contributed by atoms with Gasteiger partial charge in [-0.2, -0.15) is 0 Å². The van der Waals surface area contributed by atoms with E-state index in [-0.39, 0.29) is 35.7 Å². The zero-order valence-corrected chi connectivity index (χ0v) is 15.0. The van der Waals surface area contributed by atoms with Crippen LogP contribution >= 0.6 is 11.8 Å². The molecule has 9 heteroatoms. The molecule has 0 aliphatic carbocycles. The van der Waals surface area contributed by atoms with Gasteiger partial charge in [0.15, 0.2) is 5.82 Å². The molecule has 0 bridgehead atoms. The molecule has 0 radical (unpaired) electrons. The fourth-order valence-electron chi connectivity index (χ4n) is 1.90. The fourth-order valence-corrected chi connectivity index (χ4v) is 2.52. The van der Waals surface area contributed by atoms with Crippen LogP contribution in [0.3, 0.4) is 0 Å². The number of nitrogens with one attached hydrogen (secondary N) is 2. The van der Waals surface area contributed by atoms with E-state index in [9.17, 15) is 14.4 Å². The summed E-state index contributed by atoms with van der Waals surface area (Å²) < 4.78 is 4.83. The minimum Gasteiger partial charge on any atom is -0.481 e. The van der Waals surface area contributed by atoms with E-state index < -0.39 is 11.5 Å². The quantitative estimate of drug-likeness (QED) is 0.614. The summed E-state index contributed by atoms with van der Waals surface area (Å²) in [5, 5.41) is 17.9. The van der Waals surface area contributed by atoms with Crippen LogP contribution in [0.2, 0.25) is 0 Å². The largest absolute Gasteiger partial charge is 0.481 e. The van der Waals surface area contributed by atoms with E-state index in [1.165, 1.54) is 0 Å². The van der Waals surface area contributed by atoms with Crippen LogP contribution in [0.25, 0.3) is 0 Å². The molecule has 0 aliphatic heterocycles. The molecule has 1 rings (SSSR count). The lowest BCUT2D eigenvalue weighted by Crippen LogP contribution is -2.51. The number of rotatable bonds is 9. The summed E-state index contributed by atoms with van der Waals surface area (Å²) in [6.45, 7) is 7.12. The van der Waals surface area contributed by atoms with E-state index in [4.69, 9.17) is 9.63 Å². The van der Waals surface area contributed by atoms with Gasteiger partial charge in [0.05, 0.1) is 17.9 Å². The predicted octanol–water partition coefficient (Wildman–Crippen LogP) is 1.66. The van der Waals surface area contributed by atoms with Crippen molar-refractivity contribution in [3.8, 4) is 0 Å². The summed E-state index contributed by atoms with van der Waals surface area (Å²) in [5.41, 5.74) is -0.829. The highest BCUT2D eigenvalue weighted by atomic mass is 32.2. The third kappa shape index (κ3) is 6.61. The average Bonchev–Trinajstić information content (AvgIpc) is 2.82. The minimum absolute atomic E-state index is 0.0405. The van der Waals surface area contributed by atoms with Gasteiger partial charge < -0.3 is 20.3 Å². The van der Waals surface area contributed by atoms with Gasteiger partial charge in [0.2, 0.25) is 11.8 Å². The van der Waals surface area contributed by atoms with E-state index in [0.717, 1.165) is 11.8 Å². The summed E-state index contributed by atoms with van der Waals surface area (Å²) in [6, 6.07) is 1.59. The molecule has 3 N–H and O–H groups in total. The number of aryl methyl sites for hydroxylation is 1. The first-order chi connectivity index (χ1) is 11.1. The zero-order valence-electron chi connectivity index (χ0n) is 14.2. The number of hydrogen-bond donors (Lipinski definition) is 3. The van der Waals surface area contributed by atoms with Crippen LogP contribution in [0.15, 0.2) is 10.6 Å². The van der Waals surface area contributed by atoms with Crippen molar-refractivity contribution in [2.24, 2.45) is 5.92 Å². The van der Waals surface area contributed by atoms with Crippen LogP contribution < -0.4 is 10.6 Å². The molecule has 8 nitrogen and oxygen atoms in total. The third-order valence-corrected chi connectivity index (χ3v) is 4.51. The molecule has 134 valence electrons. The number of carbonyl (C=O) groups is 3. The van der Waals surface area contributed by atoms with Crippen LogP contribution in [0.5, 0.6) is 0 Å². The van der Waals surface area contributed by atoms with E-state index in [1.54, 1.807) is 19.9 Å². The SMILES string of the molecule is Cc1cc(NC(=O)CSCC(=O)NC(C)(CC(=O)O)C(C)C)no1. The maximum atomic E-state index is 12.0. The first kappa shape index (κ1) is 20.0. The predicted molar refractivity (Wildman–Crippen MR) is 90.8 cm³/mol. The molecule has 1 heterocycles. The molecule has 1 unspecified atom stereocenters. The van der Waals surface area contributed by atoms with E-state index in [1.807, 2.05) is 13.8 Å². The normalized spacial score (nSPS) is 13.4. The lowest BCUT2D eigenvalue weighted by atomic mass is 9.85. The Hall–Kier alpha value is -2.03. The van der Waals surface area contributed by atoms with Gasteiger partial charge in [-0.15, -0.1) is 11.8 Å². The first-order valence-electron chi connectivity index (χ1n) is 7.46. The maximum absolute atomic E-state index is 12.0. The van der Waals surface area contributed by atoms with Crippen LogP contribution in [0.1, 0.15) is 33.0 Å². The van der Waals surface area contributed by atoms with Crippen molar-refractivity contribution in [1.82, 2.24) is 10.5 Å². The number of aromatic nitrogens is 1. The second-order valence-corrected chi connectivity index (χ2v) is 7.04. The topological polar surface area (TPSA) is 122 Å². The zero-order chi connectivity index (χ0) is 18.3. The van der Waals surface area contributed by atoms with Crippen molar-refractivity contribution < 1.29 is 24.0 Å². The van der Waals surface area contributed by atoms with E-state index in [0.29, 0.717) is 11.6 Å². The Balaban J connectivity index is 2.39. The van der Waals surface area contributed by atoms with Crippen LogP contribution in [-0.4, -0.2) is 45.1 Å². The van der Waals surface area contributed by atoms with Gasteiger partial charge in [0.1, 0.15) is 5.76 Å². The van der Waals surface area contributed by atoms with Gasteiger partial charge in [-0.05, 0) is 19.8 Å². The number of carboxylic acid groups (broad SMARTS) is 1. The summed E-state index contributed by atoms with van der Waals surface area (Å²) in [4.78, 5) is 34.7. The number of carboxylic acids is 1. The Morgan fingerprint density at radius 1 is 1.33 bits per heavy atom. The number of amides is 2. The van der Waals surface area contributed by atoms with Gasteiger partial charge in [-0.1, -0.05) is 19.0 Å². The van der Waals surface area contributed by atoms with Crippen molar-refractivity contribution in [1.29, 1.82) is 0 Å². The standard InChI is InChI=1S/C15H23N3O5S/c1-9(2)15(4,6-14(21)22)17-13(20)8-24-7-12(19)16-11-5-10(3)23-18-11/h5,9H,6-8H2,1-4H3,(H,17,20)(H,21,22)(H,16,18,19). The second kappa shape index (κ2) is 8.72. The molecule has 0 aliphatic rings. The summed E-state index contributed by atoms with van der Waals surface area (Å²) in [7, 11) is 0. The molecule has 0 fully saturated rings. The summed E-state index contributed by atoms with van der Waals surface area (Å²) in [6.07, 6.45) is -0.160. The highest BCUT2D eigenvalue weighted by molar-refractivity contribution is 8.00. The third-order valence-electron chi connectivity index (χ3n) is 3.58. The Morgan fingerprint density at radius 2 is 1.96 bits per heavy atom. The molecular weight excluding hydrogens is 334 g/mol. The molecular formula is C15H23N3O5S. The highest BCUT2D eigenvalue weighted by Gasteiger charge is 2.32. The molecule has 0 saturated heterocycles. The molecule has 2 amide bonds. The van der Waals surface area contributed by atoms with Crippen molar-refractivity contribution in [2.45, 2.75) is 39.7 Å². The Morgan fingerprint density at radius 3 is 2.46 bits per heavy atom. The van der Waals surface area contributed by atoms with Gasteiger partial charge in [0.25, 0.3) is 0 Å². The number of aliphatic carboxylic acids is 1. The first-order valence-corrected chi connectivity index (χ1v) is 8.61. The van der Waals surface area contributed by atoms with Gasteiger partial charge >= 0.3 is 5.97 Å². The number of hydrogen-bond acceptors (Lipinski definition) is 6. The fraction of sp³-hybridized carbons (Fsp3) is 0.600. The van der Waals surface area contributed by atoms with Crippen molar-refractivity contribution >= 4 is 35.4 Å². The lowest BCUT2D eigenvalue weighted by molar-refractivity contribution is -0.139. The second-order valence-electron chi connectivity index (χ2n) is 6.05. The van der Waals surface area contributed by atoms with E-state index in [2.05, 4.69) is 15.8 Å². The van der Waals surface area contributed by atoms with Gasteiger partial charge in [-0.3, -0.25) is 14.4 Å². The molecule has 1 aromatic heterocycles. The summed E-state index contributed by atoms with van der Waals surface area (Å²) in [5.74, 6) is -0.548. The number of anilines is 1. The molecule has 1 atom stereocenters. The maximum Gasteiger partial charge on any atom is 0.305 e. The van der Waals surface area contributed by atoms with Crippen molar-refractivity contribution in [3.05, 3.63) is 11.8 Å². The van der Waals surface area contributed by atoms with Crippen molar-refractivity contribution in [3.63, 3.8) is 0 Å². The van der Waals surface area contributed by atoms with Crippen molar-refractivity contribution in [2.75, 3.05) is 16.8 Å². The van der Waals surface area contributed by atoms with E-state index >= 15 is 0 Å². The Kier molecular flexibility index (Phi) is 7.27. The highest BCUT2D eigenvalue weighted by Crippen LogP contribution is 2.21. The summed E-state index contributed by atoms with van der Waals surface area (Å²) >= 11 is 1.14. The van der Waals surface area contributed by atoms with Crippen LogP contribution in [-0.2, 0) is 14.4 Å². The Labute approximate surface area is 144 Å². The molecule has 24 heavy (non-hydrogen) atoms. The van der Waals surface area contributed by atoms with Gasteiger partial charge in [0, 0.05) is 11.6 Å². The molecule has 0 saturated carbocycles. The molecule has 0 aromatic carbocycles. The minimum atomic E-state index is -0.971. The average molecular weight is 357 g/mol. The number of carbonyl (C=O) groups excluding carboxylic acids is 2. The smallest absolute Gasteiger partial charge is 0.305 e. The lowest BCUT2D eigenvalue weighted by Gasteiger charge is -2.33. The molecule has 0 spiro atoms. The van der Waals surface area contributed by atoms with Gasteiger partial charge in [-0.25, -0.2) is 0 Å². The Bertz CT molecular complexity index is 602. The van der Waals surface area contributed by atoms with Crippen LogP contribution in [0, 0.1) is 12.8 Å². The van der Waals surface area contributed by atoms with Crippen LogP contribution in [0.4, 0.5) is 5.82 Å². The monoisotopic (exact) mass is 357 g/mol.